The summed E-state index contributed by atoms with van der Waals surface area (Å²) in [7, 11) is -0.827. The highest BCUT2D eigenvalue weighted by atomic mass is 32.2. The van der Waals surface area contributed by atoms with E-state index < -0.39 is 10.8 Å². The lowest BCUT2D eigenvalue weighted by atomic mass is 10.2. The van der Waals surface area contributed by atoms with Crippen LogP contribution in [0.4, 0.5) is 5.69 Å². The zero-order chi connectivity index (χ0) is 13.7. The smallest absolute Gasteiger partial charge is 0.250 e. The Morgan fingerprint density at radius 2 is 2.00 bits per heavy atom. The summed E-state index contributed by atoms with van der Waals surface area (Å²) in [6.07, 6.45) is 2.37. The van der Waals surface area contributed by atoms with Crippen LogP contribution in [0.3, 0.4) is 0 Å². The van der Waals surface area contributed by atoms with E-state index in [1.54, 1.807) is 16.8 Å². The molecule has 1 heterocycles. The van der Waals surface area contributed by atoms with E-state index in [1.165, 1.54) is 6.07 Å². The highest BCUT2D eigenvalue weighted by molar-refractivity contribution is 7.85. The SMILES string of the molecule is CC(C)C(C)S(=O)CCCn1cc(N)ccc1=O. The van der Waals surface area contributed by atoms with Crippen LogP contribution in [-0.4, -0.2) is 19.8 Å². The van der Waals surface area contributed by atoms with Crippen molar-refractivity contribution < 1.29 is 4.21 Å². The zero-order valence-electron chi connectivity index (χ0n) is 11.3. The molecule has 0 spiro atoms. The van der Waals surface area contributed by atoms with Crippen molar-refractivity contribution in [3.8, 4) is 0 Å². The van der Waals surface area contributed by atoms with Crippen LogP contribution in [0.1, 0.15) is 27.2 Å². The number of aromatic nitrogens is 1. The summed E-state index contributed by atoms with van der Waals surface area (Å²) in [5, 5.41) is 0.197. The van der Waals surface area contributed by atoms with Gasteiger partial charge in [-0.15, -0.1) is 0 Å². The molecule has 0 aliphatic rings. The Morgan fingerprint density at radius 3 is 2.61 bits per heavy atom. The van der Waals surface area contributed by atoms with Crippen molar-refractivity contribution in [3.63, 3.8) is 0 Å². The average molecular weight is 270 g/mol. The molecule has 18 heavy (non-hydrogen) atoms. The first kappa shape index (κ1) is 15.0. The van der Waals surface area contributed by atoms with Crippen LogP contribution in [-0.2, 0) is 17.3 Å². The molecule has 0 fully saturated rings. The summed E-state index contributed by atoms with van der Waals surface area (Å²) in [6, 6.07) is 3.06. The molecule has 0 aliphatic heterocycles. The summed E-state index contributed by atoms with van der Waals surface area (Å²) in [5.74, 6) is 1.04. The fraction of sp³-hybridized carbons (Fsp3) is 0.615. The van der Waals surface area contributed by atoms with E-state index in [0.29, 0.717) is 23.9 Å². The normalized spacial score (nSPS) is 14.7. The number of hydrogen-bond donors (Lipinski definition) is 1. The maximum absolute atomic E-state index is 11.9. The number of anilines is 1. The molecule has 0 radical (unpaired) electrons. The van der Waals surface area contributed by atoms with E-state index in [-0.39, 0.29) is 10.8 Å². The Bertz CT molecular complexity index is 468. The standard InChI is InChI=1S/C13H22N2O2S/c1-10(2)11(3)18(17)8-4-7-15-9-12(14)5-6-13(15)16/h5-6,9-11H,4,7-8,14H2,1-3H3. The van der Waals surface area contributed by atoms with Crippen molar-refractivity contribution in [2.24, 2.45) is 5.92 Å². The molecule has 1 rings (SSSR count). The lowest BCUT2D eigenvalue weighted by molar-refractivity contribution is 0.597. The number of aryl methyl sites for hydroxylation is 1. The van der Waals surface area contributed by atoms with Crippen LogP contribution < -0.4 is 11.3 Å². The molecule has 102 valence electrons. The predicted molar refractivity (Wildman–Crippen MR) is 77.0 cm³/mol. The van der Waals surface area contributed by atoms with Gasteiger partial charge in [0.1, 0.15) is 0 Å². The third-order valence-electron chi connectivity index (χ3n) is 3.10. The van der Waals surface area contributed by atoms with Gasteiger partial charge in [-0.3, -0.25) is 9.00 Å². The second-order valence-corrected chi connectivity index (χ2v) is 6.79. The van der Waals surface area contributed by atoms with Crippen molar-refractivity contribution in [2.45, 2.75) is 39.0 Å². The quantitative estimate of drug-likeness (QED) is 0.854. The molecule has 0 saturated carbocycles. The first-order valence-electron chi connectivity index (χ1n) is 6.25. The first-order chi connectivity index (χ1) is 8.41. The number of nitrogens with zero attached hydrogens (tertiary/aromatic N) is 1. The van der Waals surface area contributed by atoms with Gasteiger partial charge >= 0.3 is 0 Å². The van der Waals surface area contributed by atoms with Gasteiger partial charge in [-0.1, -0.05) is 20.8 Å². The number of nitrogen functional groups attached to an aromatic ring is 1. The molecule has 5 heteroatoms. The van der Waals surface area contributed by atoms with Crippen molar-refractivity contribution >= 4 is 16.5 Å². The molecular formula is C13H22N2O2S. The van der Waals surface area contributed by atoms with E-state index >= 15 is 0 Å². The van der Waals surface area contributed by atoms with Crippen LogP contribution in [0.15, 0.2) is 23.1 Å². The van der Waals surface area contributed by atoms with Gasteiger partial charge < -0.3 is 10.3 Å². The van der Waals surface area contributed by atoms with Gasteiger partial charge in [-0.2, -0.15) is 0 Å². The monoisotopic (exact) mass is 270 g/mol. The fourth-order valence-corrected chi connectivity index (χ4v) is 2.98. The van der Waals surface area contributed by atoms with Gasteiger partial charge in [0, 0.05) is 46.3 Å². The first-order valence-corrected chi connectivity index (χ1v) is 7.63. The summed E-state index contributed by atoms with van der Waals surface area (Å²) < 4.78 is 13.5. The Hall–Kier alpha value is -1.10. The van der Waals surface area contributed by atoms with Crippen LogP contribution in [0, 0.1) is 5.92 Å². The number of rotatable bonds is 6. The molecule has 0 saturated heterocycles. The number of hydrogen-bond acceptors (Lipinski definition) is 3. The van der Waals surface area contributed by atoms with E-state index in [4.69, 9.17) is 5.73 Å². The molecule has 2 atom stereocenters. The molecule has 2 N–H and O–H groups in total. The fourth-order valence-electron chi connectivity index (χ4n) is 1.59. The summed E-state index contributed by atoms with van der Waals surface area (Å²) in [6.45, 7) is 6.73. The summed E-state index contributed by atoms with van der Waals surface area (Å²) >= 11 is 0. The molecule has 4 nitrogen and oxygen atoms in total. The Labute approximate surface area is 111 Å². The van der Waals surface area contributed by atoms with Gasteiger partial charge in [-0.05, 0) is 18.4 Å². The molecule has 0 aliphatic carbocycles. The highest BCUT2D eigenvalue weighted by Crippen LogP contribution is 2.09. The lowest BCUT2D eigenvalue weighted by Crippen LogP contribution is -2.23. The number of nitrogens with two attached hydrogens (primary N) is 1. The molecule has 0 amide bonds. The Morgan fingerprint density at radius 1 is 1.33 bits per heavy atom. The van der Waals surface area contributed by atoms with Crippen LogP contribution >= 0.6 is 0 Å². The van der Waals surface area contributed by atoms with Gasteiger partial charge in [0.05, 0.1) is 0 Å². The zero-order valence-corrected chi connectivity index (χ0v) is 12.1. The minimum Gasteiger partial charge on any atom is -0.398 e. The maximum atomic E-state index is 11.9. The summed E-state index contributed by atoms with van der Waals surface area (Å²) in [5.41, 5.74) is 6.14. The van der Waals surface area contributed by atoms with Gasteiger partial charge in [0.15, 0.2) is 0 Å². The topological polar surface area (TPSA) is 65.1 Å². The van der Waals surface area contributed by atoms with Crippen molar-refractivity contribution in [1.29, 1.82) is 0 Å². The average Bonchev–Trinajstić information content (AvgIpc) is 2.32. The van der Waals surface area contributed by atoms with Gasteiger partial charge in [0.2, 0.25) is 0 Å². The van der Waals surface area contributed by atoms with E-state index in [2.05, 4.69) is 13.8 Å². The van der Waals surface area contributed by atoms with Crippen LogP contribution in [0.25, 0.3) is 0 Å². The predicted octanol–water partition coefficient (Wildman–Crippen LogP) is 1.61. The second kappa shape index (κ2) is 6.73. The molecule has 1 aromatic heterocycles. The molecular weight excluding hydrogens is 248 g/mol. The van der Waals surface area contributed by atoms with Crippen LogP contribution in [0.5, 0.6) is 0 Å². The van der Waals surface area contributed by atoms with Gasteiger partial charge in [0.25, 0.3) is 5.56 Å². The molecule has 1 aromatic rings. The molecule has 2 unspecified atom stereocenters. The second-order valence-electron chi connectivity index (χ2n) is 4.88. The summed E-state index contributed by atoms with van der Waals surface area (Å²) in [4.78, 5) is 11.5. The molecule has 0 bridgehead atoms. The van der Waals surface area contributed by atoms with Crippen molar-refractivity contribution in [3.05, 3.63) is 28.7 Å². The molecule has 0 aromatic carbocycles. The highest BCUT2D eigenvalue weighted by Gasteiger charge is 2.14. The van der Waals surface area contributed by atoms with Crippen molar-refractivity contribution in [2.75, 3.05) is 11.5 Å². The van der Waals surface area contributed by atoms with E-state index in [0.717, 1.165) is 6.42 Å². The number of pyridine rings is 1. The van der Waals surface area contributed by atoms with Crippen molar-refractivity contribution in [1.82, 2.24) is 4.57 Å². The van der Waals surface area contributed by atoms with E-state index in [9.17, 15) is 9.00 Å². The third kappa shape index (κ3) is 4.29. The minimum absolute atomic E-state index is 0.0631. The maximum Gasteiger partial charge on any atom is 0.250 e. The van der Waals surface area contributed by atoms with E-state index in [1.807, 2.05) is 6.92 Å². The minimum atomic E-state index is -0.827. The lowest BCUT2D eigenvalue weighted by Gasteiger charge is -2.15. The third-order valence-corrected chi connectivity index (χ3v) is 5.17. The largest absolute Gasteiger partial charge is 0.398 e. The van der Waals surface area contributed by atoms with Crippen LogP contribution in [0.2, 0.25) is 0 Å². The Balaban J connectivity index is 2.49. The van der Waals surface area contributed by atoms with Gasteiger partial charge in [-0.25, -0.2) is 0 Å². The Kier molecular flexibility index (Phi) is 5.59.